The van der Waals surface area contributed by atoms with Gasteiger partial charge in [-0.15, -0.1) is 0 Å². The molecule has 2 N–H and O–H groups in total. The summed E-state index contributed by atoms with van der Waals surface area (Å²) < 4.78 is 1.18. The van der Waals surface area contributed by atoms with Crippen LogP contribution in [0.25, 0.3) is 0 Å². The van der Waals surface area contributed by atoms with Crippen molar-refractivity contribution in [2.75, 3.05) is 0 Å². The fraction of sp³-hybridized carbons (Fsp3) is 0.500. The molecule has 0 aromatic carbocycles. The molecule has 0 amide bonds. The summed E-state index contributed by atoms with van der Waals surface area (Å²) in [5.74, 6) is 0.387. The van der Waals surface area contributed by atoms with Crippen LogP contribution in [0.4, 0.5) is 0 Å². The van der Waals surface area contributed by atoms with Crippen molar-refractivity contribution < 1.29 is 0 Å². The van der Waals surface area contributed by atoms with Crippen molar-refractivity contribution >= 4 is 15.9 Å². The Kier molecular flexibility index (Phi) is 2.02. The van der Waals surface area contributed by atoms with Gasteiger partial charge in [0.05, 0.1) is 0 Å². The van der Waals surface area contributed by atoms with Gasteiger partial charge in [-0.05, 0) is 6.92 Å². The smallest absolute Gasteiger partial charge is 0.0385 e. The summed E-state index contributed by atoms with van der Waals surface area (Å²) in [4.78, 5) is 0. The summed E-state index contributed by atoms with van der Waals surface area (Å²) in [7, 11) is 0. The molecule has 0 aliphatic heterocycles. The van der Waals surface area contributed by atoms with Crippen LogP contribution < -0.4 is 5.73 Å². The van der Waals surface area contributed by atoms with Crippen LogP contribution in [0.1, 0.15) is 13.8 Å². The predicted molar refractivity (Wildman–Crippen MR) is 47.9 cm³/mol. The third-order valence-electron chi connectivity index (χ3n) is 2.06. The van der Waals surface area contributed by atoms with Crippen molar-refractivity contribution in [2.45, 2.75) is 19.4 Å². The molecular weight excluding hydrogens is 190 g/mol. The van der Waals surface area contributed by atoms with Crippen LogP contribution in [0.2, 0.25) is 0 Å². The summed E-state index contributed by atoms with van der Waals surface area (Å²) >= 11 is 3.46. The van der Waals surface area contributed by atoms with E-state index in [1.54, 1.807) is 0 Å². The average Bonchev–Trinajstić information content (AvgIpc) is 1.83. The van der Waals surface area contributed by atoms with Crippen LogP contribution in [0.15, 0.2) is 22.7 Å². The first kappa shape index (κ1) is 8.02. The SMILES string of the molecule is CC1C(Br)=CC=CC1(C)N. The molecule has 0 fully saturated rings. The minimum absolute atomic E-state index is 0.187. The highest BCUT2D eigenvalue weighted by atomic mass is 79.9. The number of hydrogen-bond acceptors (Lipinski definition) is 1. The summed E-state index contributed by atoms with van der Waals surface area (Å²) in [6.07, 6.45) is 6.06. The van der Waals surface area contributed by atoms with E-state index < -0.39 is 0 Å². The van der Waals surface area contributed by atoms with E-state index in [1.165, 1.54) is 4.48 Å². The molecule has 0 aromatic heterocycles. The molecule has 0 heterocycles. The molecule has 0 bridgehead atoms. The van der Waals surface area contributed by atoms with Gasteiger partial charge in [0.25, 0.3) is 0 Å². The maximum atomic E-state index is 5.95. The minimum Gasteiger partial charge on any atom is -0.322 e. The Morgan fingerprint density at radius 3 is 2.70 bits per heavy atom. The lowest BCUT2D eigenvalue weighted by Crippen LogP contribution is -2.41. The number of halogens is 1. The lowest BCUT2D eigenvalue weighted by atomic mass is 9.85. The minimum atomic E-state index is -0.187. The van der Waals surface area contributed by atoms with Crippen LogP contribution in [0, 0.1) is 5.92 Å². The number of allylic oxidation sites excluding steroid dienone is 2. The van der Waals surface area contributed by atoms with E-state index in [0.29, 0.717) is 5.92 Å². The topological polar surface area (TPSA) is 26.0 Å². The summed E-state index contributed by atoms with van der Waals surface area (Å²) in [5.41, 5.74) is 5.77. The number of hydrogen-bond donors (Lipinski definition) is 1. The second-order valence-electron chi connectivity index (χ2n) is 3.00. The molecule has 1 aliphatic carbocycles. The van der Waals surface area contributed by atoms with Gasteiger partial charge in [0.15, 0.2) is 0 Å². The van der Waals surface area contributed by atoms with Gasteiger partial charge in [-0.3, -0.25) is 0 Å². The van der Waals surface area contributed by atoms with Gasteiger partial charge in [0.2, 0.25) is 0 Å². The van der Waals surface area contributed by atoms with E-state index in [4.69, 9.17) is 5.73 Å². The fourth-order valence-corrected chi connectivity index (χ4v) is 1.58. The molecule has 2 atom stereocenters. The molecular formula is C8H12BrN. The normalized spacial score (nSPS) is 39.6. The molecule has 56 valence electrons. The van der Waals surface area contributed by atoms with Crippen LogP contribution in [-0.2, 0) is 0 Å². The first-order valence-electron chi connectivity index (χ1n) is 3.38. The van der Waals surface area contributed by atoms with E-state index in [1.807, 2.05) is 25.2 Å². The first-order valence-corrected chi connectivity index (χ1v) is 4.17. The molecule has 1 rings (SSSR count). The van der Waals surface area contributed by atoms with Crippen molar-refractivity contribution in [1.82, 2.24) is 0 Å². The zero-order valence-corrected chi connectivity index (χ0v) is 7.85. The van der Waals surface area contributed by atoms with Gasteiger partial charge < -0.3 is 5.73 Å². The van der Waals surface area contributed by atoms with Gasteiger partial charge in [0.1, 0.15) is 0 Å². The van der Waals surface area contributed by atoms with E-state index in [2.05, 4.69) is 22.9 Å². The Balaban J connectivity index is 2.89. The Bertz CT molecular complexity index is 191. The Morgan fingerprint density at radius 2 is 2.30 bits per heavy atom. The summed E-state index contributed by atoms with van der Waals surface area (Å²) in [6.45, 7) is 4.15. The zero-order valence-electron chi connectivity index (χ0n) is 6.26. The lowest BCUT2D eigenvalue weighted by Gasteiger charge is -2.30. The summed E-state index contributed by atoms with van der Waals surface area (Å²) in [6, 6.07) is 0. The van der Waals surface area contributed by atoms with Gasteiger partial charge in [-0.25, -0.2) is 0 Å². The molecule has 0 spiro atoms. The summed E-state index contributed by atoms with van der Waals surface area (Å²) in [5, 5.41) is 0. The van der Waals surface area contributed by atoms with Crippen LogP contribution in [0.3, 0.4) is 0 Å². The molecule has 10 heavy (non-hydrogen) atoms. The van der Waals surface area contributed by atoms with Crippen molar-refractivity contribution in [1.29, 1.82) is 0 Å². The van der Waals surface area contributed by atoms with Gasteiger partial charge in [-0.1, -0.05) is 41.1 Å². The second kappa shape index (κ2) is 2.51. The zero-order chi connectivity index (χ0) is 7.78. The molecule has 2 unspecified atom stereocenters. The lowest BCUT2D eigenvalue weighted by molar-refractivity contribution is 0.451. The quantitative estimate of drug-likeness (QED) is 0.640. The highest BCUT2D eigenvalue weighted by Gasteiger charge is 2.26. The highest BCUT2D eigenvalue weighted by molar-refractivity contribution is 9.11. The van der Waals surface area contributed by atoms with Gasteiger partial charge >= 0.3 is 0 Å². The Labute approximate surface area is 70.1 Å². The monoisotopic (exact) mass is 201 g/mol. The van der Waals surface area contributed by atoms with Crippen LogP contribution in [-0.4, -0.2) is 5.54 Å². The van der Waals surface area contributed by atoms with Crippen molar-refractivity contribution in [2.24, 2.45) is 11.7 Å². The van der Waals surface area contributed by atoms with E-state index in [9.17, 15) is 0 Å². The van der Waals surface area contributed by atoms with Crippen molar-refractivity contribution in [3.63, 3.8) is 0 Å². The van der Waals surface area contributed by atoms with Crippen LogP contribution >= 0.6 is 15.9 Å². The third kappa shape index (κ3) is 1.32. The maximum absolute atomic E-state index is 5.95. The third-order valence-corrected chi connectivity index (χ3v) is 3.01. The maximum Gasteiger partial charge on any atom is 0.0385 e. The molecule has 0 saturated carbocycles. The first-order chi connectivity index (χ1) is 4.54. The molecule has 0 saturated heterocycles. The molecule has 2 heteroatoms. The molecule has 1 nitrogen and oxygen atoms in total. The van der Waals surface area contributed by atoms with E-state index in [-0.39, 0.29) is 5.54 Å². The van der Waals surface area contributed by atoms with E-state index in [0.717, 1.165) is 0 Å². The molecule has 0 aromatic rings. The number of nitrogens with two attached hydrogens (primary N) is 1. The fourth-order valence-electron chi connectivity index (χ4n) is 0.933. The second-order valence-corrected chi connectivity index (χ2v) is 3.91. The molecule has 1 aliphatic rings. The Morgan fingerprint density at radius 1 is 1.70 bits per heavy atom. The highest BCUT2D eigenvalue weighted by Crippen LogP contribution is 2.30. The Hall–Kier alpha value is -0.0800. The van der Waals surface area contributed by atoms with Crippen molar-refractivity contribution in [3.8, 4) is 0 Å². The van der Waals surface area contributed by atoms with Gasteiger partial charge in [0, 0.05) is 15.9 Å². The molecule has 0 radical (unpaired) electrons. The van der Waals surface area contributed by atoms with Gasteiger partial charge in [-0.2, -0.15) is 0 Å². The largest absolute Gasteiger partial charge is 0.322 e. The van der Waals surface area contributed by atoms with Crippen molar-refractivity contribution in [3.05, 3.63) is 22.7 Å². The number of rotatable bonds is 0. The van der Waals surface area contributed by atoms with Crippen LogP contribution in [0.5, 0.6) is 0 Å². The standard InChI is InChI=1S/C8H12BrN/c1-6-7(9)4-3-5-8(6,2)10/h3-6H,10H2,1-2H3. The predicted octanol–water partition coefficient (Wildman–Crippen LogP) is 2.19. The van der Waals surface area contributed by atoms with E-state index >= 15 is 0 Å². The average molecular weight is 202 g/mol.